The van der Waals surface area contributed by atoms with Crippen molar-refractivity contribution in [3.8, 4) is 0 Å². The van der Waals surface area contributed by atoms with E-state index in [4.69, 9.17) is 10.8 Å². The number of H-pyrrole nitrogens is 1. The second-order valence-corrected chi connectivity index (χ2v) is 6.50. The minimum atomic E-state index is -1.33. The quantitative estimate of drug-likeness (QED) is 0.732. The van der Waals surface area contributed by atoms with Gasteiger partial charge in [-0.25, -0.2) is 4.79 Å². The fourth-order valence-electron chi connectivity index (χ4n) is 1.74. The first-order valence-corrected chi connectivity index (χ1v) is 6.68. The van der Waals surface area contributed by atoms with E-state index in [1.165, 1.54) is 6.07 Å². The second-order valence-electron chi connectivity index (χ2n) is 5.48. The normalized spacial score (nSPS) is 11.2. The number of nitrogen functional groups attached to an aromatic ring is 1. The van der Waals surface area contributed by atoms with Crippen molar-refractivity contribution in [1.82, 2.24) is 4.98 Å². The number of aromatic nitrogens is 1. The Morgan fingerprint density at radius 2 is 1.90 bits per heavy atom. The van der Waals surface area contributed by atoms with Crippen molar-refractivity contribution in [2.24, 2.45) is 5.41 Å². The molecular formula is C13H15ClN2O4S. The van der Waals surface area contributed by atoms with Crippen LogP contribution in [0.5, 0.6) is 0 Å². The summed E-state index contributed by atoms with van der Waals surface area (Å²) in [7, 11) is 0. The highest BCUT2D eigenvalue weighted by Gasteiger charge is 2.28. The molecule has 0 fully saturated rings. The molecule has 0 radical (unpaired) electrons. The Morgan fingerprint density at radius 3 is 2.38 bits per heavy atom. The molecule has 0 bridgehead atoms. The Labute approximate surface area is 130 Å². The van der Waals surface area contributed by atoms with Crippen LogP contribution >= 0.6 is 23.7 Å². The number of aromatic carboxylic acids is 1. The van der Waals surface area contributed by atoms with E-state index in [1.54, 1.807) is 20.8 Å². The van der Waals surface area contributed by atoms with Crippen LogP contribution in [-0.2, 0) is 0 Å². The van der Waals surface area contributed by atoms with Gasteiger partial charge in [0.2, 0.25) is 0 Å². The molecule has 0 aliphatic rings. The van der Waals surface area contributed by atoms with Gasteiger partial charge in [-0.2, -0.15) is 0 Å². The molecule has 0 spiro atoms. The zero-order valence-corrected chi connectivity index (χ0v) is 13.3. The van der Waals surface area contributed by atoms with Gasteiger partial charge in [0, 0.05) is 10.8 Å². The number of carbonyl (C=O) groups excluding carboxylic acids is 1. The van der Waals surface area contributed by atoms with Crippen molar-refractivity contribution in [2.75, 3.05) is 5.73 Å². The zero-order valence-electron chi connectivity index (χ0n) is 11.6. The summed E-state index contributed by atoms with van der Waals surface area (Å²) in [5, 5.41) is 9.33. The Morgan fingerprint density at radius 1 is 1.33 bits per heavy atom. The molecule has 2 aromatic rings. The van der Waals surface area contributed by atoms with Crippen molar-refractivity contribution in [3.63, 3.8) is 0 Å². The Bertz CT molecular complexity index is 786. The summed E-state index contributed by atoms with van der Waals surface area (Å²) < 4.78 is 0. The largest absolute Gasteiger partial charge is 0.477 e. The van der Waals surface area contributed by atoms with Crippen molar-refractivity contribution >= 4 is 51.4 Å². The summed E-state index contributed by atoms with van der Waals surface area (Å²) in [5.41, 5.74) is 4.44. The molecule has 2 heterocycles. The number of nitrogens with two attached hydrogens (primary N) is 1. The molecular weight excluding hydrogens is 316 g/mol. The summed E-state index contributed by atoms with van der Waals surface area (Å²) in [6.07, 6.45) is 0. The highest BCUT2D eigenvalue weighted by atomic mass is 35.5. The molecule has 0 saturated heterocycles. The number of hydrogen-bond donors (Lipinski definition) is 3. The molecule has 21 heavy (non-hydrogen) atoms. The highest BCUT2D eigenvalue weighted by Crippen LogP contribution is 2.36. The fraction of sp³-hybridized carbons (Fsp3) is 0.308. The zero-order chi connectivity index (χ0) is 15.2. The number of hydrogen-bond acceptors (Lipinski definition) is 5. The first-order valence-electron chi connectivity index (χ1n) is 5.86. The van der Waals surface area contributed by atoms with Gasteiger partial charge in [-0.15, -0.1) is 23.7 Å². The minimum Gasteiger partial charge on any atom is -0.477 e. The first-order chi connectivity index (χ1) is 9.12. The predicted molar refractivity (Wildman–Crippen MR) is 84.9 cm³/mol. The molecule has 2 rings (SSSR count). The lowest BCUT2D eigenvalue weighted by Gasteiger charge is -2.15. The number of halogens is 1. The maximum absolute atomic E-state index is 12.3. The van der Waals surface area contributed by atoms with Crippen molar-refractivity contribution in [1.29, 1.82) is 0 Å². The summed E-state index contributed by atoms with van der Waals surface area (Å²) in [5.74, 6) is -1.48. The summed E-state index contributed by atoms with van der Waals surface area (Å²) in [6, 6.07) is 1.21. The van der Waals surface area contributed by atoms with Crippen molar-refractivity contribution in [2.45, 2.75) is 20.8 Å². The van der Waals surface area contributed by atoms with Crippen LogP contribution in [0.4, 0.5) is 5.69 Å². The summed E-state index contributed by atoms with van der Waals surface area (Å²) in [4.78, 5) is 38.0. The average molecular weight is 331 g/mol. The molecule has 0 aliphatic carbocycles. The van der Waals surface area contributed by atoms with Crippen LogP contribution in [0.15, 0.2) is 10.9 Å². The molecule has 0 amide bonds. The Kier molecular flexibility index (Phi) is 4.50. The van der Waals surface area contributed by atoms with Gasteiger partial charge >= 0.3 is 5.97 Å². The molecule has 6 nitrogen and oxygen atoms in total. The number of anilines is 1. The lowest BCUT2D eigenvalue weighted by atomic mass is 9.89. The number of Topliss-reactive ketones (excluding diaryl/α,β-unsaturated/α-hetero) is 1. The van der Waals surface area contributed by atoms with Crippen LogP contribution in [-0.4, -0.2) is 21.8 Å². The van der Waals surface area contributed by atoms with Crippen LogP contribution in [0.1, 0.15) is 40.8 Å². The smallest absolute Gasteiger partial charge is 0.341 e. The number of aromatic amines is 1. The molecule has 0 aliphatic heterocycles. The predicted octanol–water partition coefficient (Wildman–Crippen LogP) is 2.52. The maximum Gasteiger partial charge on any atom is 0.341 e. The van der Waals surface area contributed by atoms with Gasteiger partial charge < -0.3 is 15.8 Å². The number of carbonyl (C=O) groups is 2. The maximum atomic E-state index is 12.3. The average Bonchev–Trinajstić information content (AvgIpc) is 2.62. The van der Waals surface area contributed by atoms with E-state index in [0.29, 0.717) is 15.1 Å². The van der Waals surface area contributed by atoms with E-state index in [0.717, 1.165) is 11.3 Å². The van der Waals surface area contributed by atoms with Gasteiger partial charge in [-0.05, 0) is 6.07 Å². The number of ketones is 1. The number of rotatable bonds is 2. The van der Waals surface area contributed by atoms with Crippen LogP contribution in [0, 0.1) is 5.41 Å². The van der Waals surface area contributed by atoms with Crippen molar-refractivity contribution in [3.05, 3.63) is 26.9 Å². The topological polar surface area (TPSA) is 113 Å². The first kappa shape index (κ1) is 17.2. The molecule has 0 atom stereocenters. The number of nitrogens with one attached hydrogen (secondary N) is 1. The van der Waals surface area contributed by atoms with E-state index in [1.807, 2.05) is 0 Å². The molecule has 0 saturated carbocycles. The third-order valence-corrected chi connectivity index (χ3v) is 4.00. The number of carboxylic acids is 1. The lowest BCUT2D eigenvalue weighted by Crippen LogP contribution is -2.20. The minimum absolute atomic E-state index is 0. The van der Waals surface area contributed by atoms with E-state index in [9.17, 15) is 14.4 Å². The van der Waals surface area contributed by atoms with Gasteiger partial charge in [-0.1, -0.05) is 20.8 Å². The molecule has 8 heteroatoms. The summed E-state index contributed by atoms with van der Waals surface area (Å²) >= 11 is 1.07. The summed E-state index contributed by atoms with van der Waals surface area (Å²) in [6.45, 7) is 5.31. The highest BCUT2D eigenvalue weighted by molar-refractivity contribution is 7.21. The second kappa shape index (κ2) is 5.50. The van der Waals surface area contributed by atoms with Crippen LogP contribution < -0.4 is 11.3 Å². The van der Waals surface area contributed by atoms with E-state index < -0.39 is 22.5 Å². The fourth-order valence-corrected chi connectivity index (χ4v) is 2.99. The number of thiophene rings is 1. The third-order valence-electron chi connectivity index (χ3n) is 2.86. The van der Waals surface area contributed by atoms with Crippen LogP contribution in [0.2, 0.25) is 0 Å². The van der Waals surface area contributed by atoms with E-state index in [2.05, 4.69) is 4.98 Å². The van der Waals surface area contributed by atoms with E-state index in [-0.39, 0.29) is 23.9 Å². The number of pyridine rings is 1. The Balaban J connectivity index is 0.00000220. The van der Waals surface area contributed by atoms with E-state index >= 15 is 0 Å². The molecule has 2 aromatic heterocycles. The standard InChI is InChI=1S/C13H14N2O4S.ClH/c1-13(2,3)9(16)8-7(14)5-4-6(12(18)19)10(17)15-11(5)20-8;/h4H,14H2,1-3H3,(H,15,17)(H,18,19);1H. The van der Waals surface area contributed by atoms with Gasteiger partial charge in [0.1, 0.15) is 10.4 Å². The Hall–Kier alpha value is -1.86. The van der Waals surface area contributed by atoms with Gasteiger partial charge in [-0.3, -0.25) is 9.59 Å². The molecule has 114 valence electrons. The van der Waals surface area contributed by atoms with Gasteiger partial charge in [0.15, 0.2) is 5.78 Å². The molecule has 0 aromatic carbocycles. The molecule has 4 N–H and O–H groups in total. The van der Waals surface area contributed by atoms with Gasteiger partial charge in [0.05, 0.1) is 10.6 Å². The van der Waals surface area contributed by atoms with Gasteiger partial charge in [0.25, 0.3) is 5.56 Å². The molecule has 0 unspecified atom stereocenters. The lowest BCUT2D eigenvalue weighted by molar-refractivity contribution is 0.0695. The van der Waals surface area contributed by atoms with Crippen LogP contribution in [0.3, 0.4) is 0 Å². The number of carboxylic acid groups (broad SMARTS) is 1. The number of fused-ring (bicyclic) bond motifs is 1. The monoisotopic (exact) mass is 330 g/mol. The third kappa shape index (κ3) is 2.93. The van der Waals surface area contributed by atoms with Crippen LogP contribution in [0.25, 0.3) is 10.2 Å². The SMILES string of the molecule is CC(C)(C)C(=O)c1sc2[nH]c(=O)c(C(=O)O)cc2c1N.Cl. The van der Waals surface area contributed by atoms with Crippen molar-refractivity contribution < 1.29 is 14.7 Å².